The second kappa shape index (κ2) is 9.86. The molecule has 2 aromatic heterocycles. The van der Waals surface area contributed by atoms with Gasteiger partial charge >= 0.3 is 5.97 Å². The van der Waals surface area contributed by atoms with Gasteiger partial charge in [0.15, 0.2) is 5.82 Å². The predicted octanol–water partition coefficient (Wildman–Crippen LogP) is 2.86. The van der Waals surface area contributed by atoms with Gasteiger partial charge in [-0.3, -0.25) is 4.79 Å². The molecule has 0 fully saturated rings. The summed E-state index contributed by atoms with van der Waals surface area (Å²) in [6.45, 7) is 0. The Hall–Kier alpha value is -4.66. The van der Waals surface area contributed by atoms with Gasteiger partial charge in [-0.15, -0.1) is 0 Å². The number of carbonyl (C=O) groups excluding carboxylic acids is 2. The van der Waals surface area contributed by atoms with Crippen LogP contribution in [0, 0.1) is 0 Å². The van der Waals surface area contributed by atoms with Gasteiger partial charge < -0.3 is 20.3 Å². The third-order valence-corrected chi connectivity index (χ3v) is 5.15. The summed E-state index contributed by atoms with van der Waals surface area (Å²) in [6, 6.07) is 17.0. The van der Waals surface area contributed by atoms with E-state index in [4.69, 9.17) is 4.74 Å². The molecule has 0 saturated heterocycles. The Labute approximate surface area is 195 Å². The van der Waals surface area contributed by atoms with Crippen molar-refractivity contribution >= 4 is 11.9 Å². The average Bonchev–Trinajstić information content (AvgIpc) is 3.35. The minimum absolute atomic E-state index is 0.103. The molecular formula is C25H22N4O5. The van der Waals surface area contributed by atoms with E-state index in [2.05, 4.69) is 15.4 Å². The van der Waals surface area contributed by atoms with Crippen molar-refractivity contribution in [2.45, 2.75) is 12.5 Å². The van der Waals surface area contributed by atoms with Crippen LogP contribution in [0.4, 0.5) is 0 Å². The number of carbonyl (C=O) groups is 2. The zero-order valence-electron chi connectivity index (χ0n) is 18.3. The van der Waals surface area contributed by atoms with E-state index < -0.39 is 17.9 Å². The first-order chi connectivity index (χ1) is 16.4. The van der Waals surface area contributed by atoms with Crippen molar-refractivity contribution in [1.82, 2.24) is 20.1 Å². The van der Waals surface area contributed by atoms with Gasteiger partial charge in [0.1, 0.15) is 17.5 Å². The molecule has 2 heterocycles. The number of phenolic OH excluding ortho intramolecular Hbond substituents is 2. The van der Waals surface area contributed by atoms with E-state index in [1.54, 1.807) is 54.7 Å². The Balaban J connectivity index is 1.59. The van der Waals surface area contributed by atoms with Crippen molar-refractivity contribution < 1.29 is 24.5 Å². The lowest BCUT2D eigenvalue weighted by atomic mass is 10.1. The Kier molecular flexibility index (Phi) is 6.54. The number of benzene rings is 2. The maximum atomic E-state index is 13.2. The number of ether oxygens (including phenoxy) is 1. The monoisotopic (exact) mass is 458 g/mol. The molecule has 0 aliphatic rings. The minimum atomic E-state index is -0.949. The molecule has 9 heteroatoms. The number of hydrogen-bond acceptors (Lipinski definition) is 7. The highest BCUT2D eigenvalue weighted by Gasteiger charge is 2.25. The average molecular weight is 458 g/mol. The maximum Gasteiger partial charge on any atom is 0.328 e. The van der Waals surface area contributed by atoms with Crippen LogP contribution in [0.25, 0.3) is 17.1 Å². The van der Waals surface area contributed by atoms with Crippen LogP contribution in [0.15, 0.2) is 79.1 Å². The number of nitrogens with one attached hydrogen (secondary N) is 1. The lowest BCUT2D eigenvalue weighted by molar-refractivity contribution is -0.142. The Bertz CT molecular complexity index is 1320. The Morgan fingerprint density at radius 3 is 2.56 bits per heavy atom. The number of methoxy groups -OCH3 is 1. The summed E-state index contributed by atoms with van der Waals surface area (Å²) in [7, 11) is 1.25. The van der Waals surface area contributed by atoms with Crippen LogP contribution in [-0.4, -0.2) is 50.0 Å². The highest BCUT2D eigenvalue weighted by Crippen LogP contribution is 2.23. The van der Waals surface area contributed by atoms with Crippen molar-refractivity contribution in [2.24, 2.45) is 0 Å². The van der Waals surface area contributed by atoms with E-state index in [-0.39, 0.29) is 29.3 Å². The number of esters is 1. The van der Waals surface area contributed by atoms with E-state index in [9.17, 15) is 19.8 Å². The first-order valence-corrected chi connectivity index (χ1v) is 10.4. The first kappa shape index (κ1) is 22.5. The van der Waals surface area contributed by atoms with Crippen molar-refractivity contribution in [1.29, 1.82) is 0 Å². The largest absolute Gasteiger partial charge is 0.508 e. The number of aromatic hydroxyl groups is 2. The van der Waals surface area contributed by atoms with Gasteiger partial charge in [-0.05, 0) is 48.0 Å². The van der Waals surface area contributed by atoms with Gasteiger partial charge in [-0.25, -0.2) is 14.5 Å². The summed E-state index contributed by atoms with van der Waals surface area (Å²) in [5, 5.41) is 26.4. The zero-order chi connectivity index (χ0) is 24.1. The minimum Gasteiger partial charge on any atom is -0.508 e. The van der Waals surface area contributed by atoms with E-state index in [0.717, 1.165) is 5.56 Å². The number of aromatic nitrogens is 3. The van der Waals surface area contributed by atoms with Crippen molar-refractivity contribution in [2.75, 3.05) is 7.11 Å². The van der Waals surface area contributed by atoms with Crippen LogP contribution >= 0.6 is 0 Å². The molecule has 0 aliphatic carbocycles. The highest BCUT2D eigenvalue weighted by atomic mass is 16.5. The van der Waals surface area contributed by atoms with Crippen LogP contribution < -0.4 is 5.32 Å². The SMILES string of the molecule is COC(=O)[C@H](Cc1ccc(O)cc1)NC(=O)c1cccnc1-n1ccc(-c2cccc(O)c2)n1. The van der Waals surface area contributed by atoms with Crippen LogP contribution in [0.1, 0.15) is 15.9 Å². The molecule has 0 bridgehead atoms. The lowest BCUT2D eigenvalue weighted by Crippen LogP contribution is -2.43. The lowest BCUT2D eigenvalue weighted by Gasteiger charge is -2.17. The molecule has 1 atom stereocenters. The molecule has 0 aliphatic heterocycles. The number of rotatable bonds is 7. The quantitative estimate of drug-likeness (QED) is 0.364. The number of hydrogen-bond donors (Lipinski definition) is 3. The second-order valence-electron chi connectivity index (χ2n) is 7.49. The number of nitrogens with zero attached hydrogens (tertiary/aromatic N) is 3. The molecule has 1 amide bonds. The molecule has 9 nitrogen and oxygen atoms in total. The summed E-state index contributed by atoms with van der Waals surface area (Å²) < 4.78 is 6.32. The zero-order valence-corrected chi connectivity index (χ0v) is 18.3. The molecule has 172 valence electrons. The third kappa shape index (κ3) is 5.04. The molecule has 2 aromatic carbocycles. The number of pyridine rings is 1. The van der Waals surface area contributed by atoms with E-state index in [1.807, 2.05) is 6.07 Å². The summed E-state index contributed by atoms with van der Waals surface area (Å²) >= 11 is 0. The Morgan fingerprint density at radius 1 is 1.03 bits per heavy atom. The standard InChI is InChI=1S/C25H22N4O5/c1-34-25(33)22(14-16-7-9-18(30)10-8-16)27-24(32)20-6-3-12-26-23(20)29-13-11-21(28-29)17-4-2-5-19(31)15-17/h2-13,15,22,30-31H,14H2,1H3,(H,27,32)/t22-/m0/s1. The number of phenols is 2. The topological polar surface area (TPSA) is 127 Å². The summed E-state index contributed by atoms with van der Waals surface area (Å²) in [5.41, 5.74) is 2.25. The van der Waals surface area contributed by atoms with Crippen molar-refractivity contribution in [3.63, 3.8) is 0 Å². The fourth-order valence-corrected chi connectivity index (χ4v) is 3.46. The summed E-state index contributed by atoms with van der Waals surface area (Å²) in [6.07, 6.45) is 3.38. The summed E-state index contributed by atoms with van der Waals surface area (Å²) in [5.74, 6) is -0.623. The van der Waals surface area contributed by atoms with Gasteiger partial charge in [0, 0.05) is 24.4 Å². The van der Waals surface area contributed by atoms with E-state index >= 15 is 0 Å². The van der Waals surface area contributed by atoms with Crippen LogP contribution in [0.5, 0.6) is 11.5 Å². The van der Waals surface area contributed by atoms with Gasteiger partial charge in [0.25, 0.3) is 5.91 Å². The van der Waals surface area contributed by atoms with Crippen LogP contribution in [0.2, 0.25) is 0 Å². The maximum absolute atomic E-state index is 13.2. The Morgan fingerprint density at radius 2 is 1.82 bits per heavy atom. The fourth-order valence-electron chi connectivity index (χ4n) is 3.46. The molecule has 0 unspecified atom stereocenters. The molecule has 3 N–H and O–H groups in total. The van der Waals surface area contributed by atoms with Gasteiger partial charge in [-0.2, -0.15) is 5.10 Å². The fraction of sp³-hybridized carbons (Fsp3) is 0.120. The number of amides is 1. The molecule has 4 aromatic rings. The molecule has 0 spiro atoms. The molecular weight excluding hydrogens is 436 g/mol. The molecule has 34 heavy (non-hydrogen) atoms. The van der Waals surface area contributed by atoms with Gasteiger partial charge in [0.05, 0.1) is 18.4 Å². The highest BCUT2D eigenvalue weighted by molar-refractivity contribution is 5.99. The molecule has 0 saturated carbocycles. The molecule has 4 rings (SSSR count). The van der Waals surface area contributed by atoms with Gasteiger partial charge in [0.2, 0.25) is 0 Å². The summed E-state index contributed by atoms with van der Waals surface area (Å²) in [4.78, 5) is 29.8. The van der Waals surface area contributed by atoms with Crippen LogP contribution in [0.3, 0.4) is 0 Å². The van der Waals surface area contributed by atoms with E-state index in [0.29, 0.717) is 11.3 Å². The first-order valence-electron chi connectivity index (χ1n) is 10.4. The predicted molar refractivity (Wildman–Crippen MR) is 124 cm³/mol. The third-order valence-electron chi connectivity index (χ3n) is 5.15. The smallest absolute Gasteiger partial charge is 0.328 e. The second-order valence-corrected chi connectivity index (χ2v) is 7.49. The molecule has 0 radical (unpaired) electrons. The van der Waals surface area contributed by atoms with Gasteiger partial charge in [-0.1, -0.05) is 24.3 Å². The normalized spacial score (nSPS) is 11.6. The van der Waals surface area contributed by atoms with Crippen LogP contribution in [-0.2, 0) is 16.0 Å². The van der Waals surface area contributed by atoms with Crippen molar-refractivity contribution in [3.8, 4) is 28.6 Å². The van der Waals surface area contributed by atoms with Crippen molar-refractivity contribution in [3.05, 3.63) is 90.3 Å². The van der Waals surface area contributed by atoms with E-state index in [1.165, 1.54) is 30.1 Å².